The Balaban J connectivity index is 1.92. The monoisotopic (exact) mass is 254 g/mol. The number of hydrogen-bond donors (Lipinski definition) is 2. The van der Waals surface area contributed by atoms with Crippen molar-refractivity contribution in [2.75, 3.05) is 40.3 Å². The van der Waals surface area contributed by atoms with Crippen LogP contribution in [0.25, 0.3) is 0 Å². The molecule has 0 aromatic carbocycles. The van der Waals surface area contributed by atoms with Gasteiger partial charge in [0, 0.05) is 25.7 Å². The van der Waals surface area contributed by atoms with Crippen LogP contribution in [0, 0.1) is 5.92 Å². The number of piperazine rings is 1. The van der Waals surface area contributed by atoms with Crippen LogP contribution in [-0.2, 0) is 9.59 Å². The van der Waals surface area contributed by atoms with E-state index in [9.17, 15) is 9.59 Å². The molecule has 2 aliphatic rings. The minimum absolute atomic E-state index is 0.0417. The number of nitrogens with zero attached hydrogens (tertiary/aromatic N) is 2. The molecular weight excluding hydrogens is 232 g/mol. The van der Waals surface area contributed by atoms with Gasteiger partial charge in [0.25, 0.3) is 0 Å². The number of amides is 2. The van der Waals surface area contributed by atoms with Crippen LogP contribution >= 0.6 is 0 Å². The van der Waals surface area contributed by atoms with Crippen LogP contribution in [0.15, 0.2) is 0 Å². The lowest BCUT2D eigenvalue weighted by Gasteiger charge is -2.28. The number of rotatable bonds is 2. The molecule has 102 valence electrons. The zero-order chi connectivity index (χ0) is 13.3. The number of likely N-dealkylation sites (tertiary alicyclic amines) is 1. The van der Waals surface area contributed by atoms with Gasteiger partial charge in [-0.2, -0.15) is 0 Å². The number of nitrogens with one attached hydrogen (secondary N) is 2. The van der Waals surface area contributed by atoms with Gasteiger partial charge < -0.3 is 15.1 Å². The van der Waals surface area contributed by atoms with Gasteiger partial charge in [-0.1, -0.05) is 6.92 Å². The Morgan fingerprint density at radius 1 is 1.39 bits per heavy atom. The Bertz CT molecular complexity index is 335. The van der Waals surface area contributed by atoms with E-state index < -0.39 is 0 Å². The van der Waals surface area contributed by atoms with Crippen molar-refractivity contribution in [1.82, 2.24) is 20.4 Å². The van der Waals surface area contributed by atoms with E-state index in [0.717, 1.165) is 13.1 Å². The molecule has 2 N–H and O–H groups in total. The lowest BCUT2D eigenvalue weighted by Crippen LogP contribution is -2.58. The smallest absolute Gasteiger partial charge is 0.241 e. The van der Waals surface area contributed by atoms with Gasteiger partial charge in [0.1, 0.15) is 6.04 Å². The van der Waals surface area contributed by atoms with Gasteiger partial charge in [0.05, 0.1) is 6.54 Å². The van der Waals surface area contributed by atoms with Crippen molar-refractivity contribution >= 4 is 11.8 Å². The Kier molecular flexibility index (Phi) is 3.87. The maximum Gasteiger partial charge on any atom is 0.241 e. The largest absolute Gasteiger partial charge is 0.353 e. The van der Waals surface area contributed by atoms with Crippen molar-refractivity contribution in [3.05, 3.63) is 0 Å². The average molecular weight is 254 g/mol. The summed E-state index contributed by atoms with van der Waals surface area (Å²) in [6.07, 6.45) is 0. The first-order valence-corrected chi connectivity index (χ1v) is 6.44. The lowest BCUT2D eigenvalue weighted by atomic mass is 10.1. The molecule has 0 aliphatic carbocycles. The molecule has 3 unspecified atom stereocenters. The molecule has 2 saturated heterocycles. The maximum absolute atomic E-state index is 12.3. The van der Waals surface area contributed by atoms with E-state index >= 15 is 0 Å². The number of hydrogen-bond acceptors (Lipinski definition) is 4. The molecule has 2 amide bonds. The number of likely N-dealkylation sites (N-methyl/N-ethyl adjacent to an activating group) is 1. The van der Waals surface area contributed by atoms with E-state index in [4.69, 9.17) is 0 Å². The molecule has 2 rings (SSSR count). The predicted molar refractivity (Wildman–Crippen MR) is 68.0 cm³/mol. The summed E-state index contributed by atoms with van der Waals surface area (Å²) in [5, 5.41) is 5.71. The van der Waals surface area contributed by atoms with E-state index in [1.54, 1.807) is 0 Å². The van der Waals surface area contributed by atoms with Gasteiger partial charge in [0.2, 0.25) is 11.8 Å². The van der Waals surface area contributed by atoms with E-state index in [1.165, 1.54) is 0 Å². The maximum atomic E-state index is 12.3. The summed E-state index contributed by atoms with van der Waals surface area (Å²) < 4.78 is 0. The van der Waals surface area contributed by atoms with E-state index in [0.29, 0.717) is 18.5 Å². The molecule has 0 bridgehead atoms. The van der Waals surface area contributed by atoms with Gasteiger partial charge in [-0.15, -0.1) is 0 Å². The highest BCUT2D eigenvalue weighted by atomic mass is 16.2. The lowest BCUT2D eigenvalue weighted by molar-refractivity contribution is -0.134. The third-order valence-corrected chi connectivity index (χ3v) is 3.86. The fraction of sp³-hybridized carbons (Fsp3) is 0.833. The fourth-order valence-electron chi connectivity index (χ4n) is 2.76. The van der Waals surface area contributed by atoms with Gasteiger partial charge in [0.15, 0.2) is 0 Å². The van der Waals surface area contributed by atoms with Crippen molar-refractivity contribution in [2.45, 2.75) is 19.0 Å². The zero-order valence-electron chi connectivity index (χ0n) is 11.3. The fourth-order valence-corrected chi connectivity index (χ4v) is 2.76. The van der Waals surface area contributed by atoms with Crippen molar-refractivity contribution < 1.29 is 9.59 Å². The quantitative estimate of drug-likeness (QED) is 0.628. The van der Waals surface area contributed by atoms with Gasteiger partial charge in [-0.3, -0.25) is 14.9 Å². The van der Waals surface area contributed by atoms with Gasteiger partial charge in [-0.05, 0) is 20.0 Å². The molecule has 2 fully saturated rings. The predicted octanol–water partition coefficient (Wildman–Crippen LogP) is -1.52. The van der Waals surface area contributed by atoms with E-state index in [-0.39, 0.29) is 24.4 Å². The van der Waals surface area contributed by atoms with Crippen LogP contribution in [0.1, 0.15) is 6.92 Å². The molecule has 0 aromatic heterocycles. The van der Waals surface area contributed by atoms with Crippen molar-refractivity contribution in [3.63, 3.8) is 0 Å². The van der Waals surface area contributed by atoms with Crippen LogP contribution in [0.4, 0.5) is 0 Å². The highest BCUT2D eigenvalue weighted by Crippen LogP contribution is 2.20. The summed E-state index contributed by atoms with van der Waals surface area (Å²) in [5.41, 5.74) is 0. The summed E-state index contributed by atoms with van der Waals surface area (Å²) >= 11 is 0. The topological polar surface area (TPSA) is 64.7 Å². The molecular formula is C12H22N4O2. The second-order valence-electron chi connectivity index (χ2n) is 5.49. The molecule has 18 heavy (non-hydrogen) atoms. The Morgan fingerprint density at radius 3 is 2.61 bits per heavy atom. The Labute approximate surface area is 108 Å². The molecule has 0 radical (unpaired) electrons. The number of carbonyl (C=O) groups excluding carboxylic acids is 2. The minimum Gasteiger partial charge on any atom is -0.353 e. The molecule has 0 saturated carbocycles. The average Bonchev–Trinajstić information content (AvgIpc) is 2.71. The standard InChI is InChI=1S/C12H22N4O2/c1-8-6-16(7-10(8)15(2)3)12(18)9-4-14-11(17)5-13-9/h8-10,13H,4-7H2,1-3H3,(H,14,17). The second kappa shape index (κ2) is 5.24. The molecule has 2 aliphatic heterocycles. The Hall–Kier alpha value is -1.14. The van der Waals surface area contributed by atoms with Crippen LogP contribution in [0.3, 0.4) is 0 Å². The van der Waals surface area contributed by atoms with Crippen LogP contribution in [0.2, 0.25) is 0 Å². The summed E-state index contributed by atoms with van der Waals surface area (Å²) in [4.78, 5) is 27.4. The van der Waals surface area contributed by atoms with Crippen molar-refractivity contribution in [3.8, 4) is 0 Å². The van der Waals surface area contributed by atoms with Crippen LogP contribution in [-0.4, -0.2) is 74.0 Å². The third-order valence-electron chi connectivity index (χ3n) is 3.86. The molecule has 2 heterocycles. The summed E-state index contributed by atoms with van der Waals surface area (Å²) in [6, 6.07) is 0.156. The highest BCUT2D eigenvalue weighted by molar-refractivity contribution is 5.87. The van der Waals surface area contributed by atoms with Crippen molar-refractivity contribution in [1.29, 1.82) is 0 Å². The zero-order valence-corrected chi connectivity index (χ0v) is 11.3. The molecule has 6 heteroatoms. The third kappa shape index (κ3) is 2.64. The normalized spacial score (nSPS) is 32.8. The van der Waals surface area contributed by atoms with Gasteiger partial charge in [-0.25, -0.2) is 0 Å². The second-order valence-corrected chi connectivity index (χ2v) is 5.49. The molecule has 0 spiro atoms. The molecule has 0 aromatic rings. The Morgan fingerprint density at radius 2 is 2.11 bits per heavy atom. The molecule has 6 nitrogen and oxygen atoms in total. The van der Waals surface area contributed by atoms with Crippen molar-refractivity contribution in [2.24, 2.45) is 5.92 Å². The van der Waals surface area contributed by atoms with Gasteiger partial charge >= 0.3 is 0 Å². The molecule has 3 atom stereocenters. The van der Waals surface area contributed by atoms with Crippen LogP contribution in [0.5, 0.6) is 0 Å². The summed E-state index contributed by atoms with van der Waals surface area (Å²) in [7, 11) is 4.10. The first-order chi connectivity index (χ1) is 8.49. The summed E-state index contributed by atoms with van der Waals surface area (Å²) in [5.74, 6) is 0.549. The highest BCUT2D eigenvalue weighted by Gasteiger charge is 2.37. The van der Waals surface area contributed by atoms with E-state index in [2.05, 4.69) is 22.5 Å². The first-order valence-electron chi connectivity index (χ1n) is 6.44. The minimum atomic E-state index is -0.268. The first kappa shape index (κ1) is 13.3. The van der Waals surface area contributed by atoms with Crippen LogP contribution < -0.4 is 10.6 Å². The SMILES string of the molecule is CC1CN(C(=O)C2CNC(=O)CN2)CC1N(C)C. The summed E-state index contributed by atoms with van der Waals surface area (Å²) in [6.45, 7) is 4.38. The number of carbonyl (C=O) groups is 2. The van der Waals surface area contributed by atoms with E-state index in [1.807, 2.05) is 19.0 Å².